The van der Waals surface area contributed by atoms with Crippen molar-refractivity contribution in [1.29, 1.82) is 0 Å². The average Bonchev–Trinajstić information content (AvgIpc) is 2.88. The van der Waals surface area contributed by atoms with Crippen LogP contribution in [0.15, 0.2) is 41.1 Å². The molecule has 2 aromatic heterocycles. The van der Waals surface area contributed by atoms with Crippen molar-refractivity contribution in [3.63, 3.8) is 0 Å². The van der Waals surface area contributed by atoms with Gasteiger partial charge in [0.05, 0.1) is 11.1 Å². The van der Waals surface area contributed by atoms with Crippen LogP contribution < -0.4 is 5.73 Å². The molecule has 0 bridgehead atoms. The van der Waals surface area contributed by atoms with Crippen LogP contribution in [0.5, 0.6) is 0 Å². The van der Waals surface area contributed by atoms with Crippen LogP contribution in [0.4, 0.5) is 14.6 Å². The largest absolute Gasteiger partial charge is 0.383 e. The van der Waals surface area contributed by atoms with E-state index in [9.17, 15) is 8.78 Å². The summed E-state index contributed by atoms with van der Waals surface area (Å²) in [7, 11) is 0. The van der Waals surface area contributed by atoms with E-state index in [2.05, 4.69) is 15.1 Å². The van der Waals surface area contributed by atoms with Crippen molar-refractivity contribution >= 4 is 5.82 Å². The van der Waals surface area contributed by atoms with E-state index in [1.165, 1.54) is 12.3 Å². The molecule has 0 radical (unpaired) electrons. The Morgan fingerprint density at radius 3 is 2.50 bits per heavy atom. The lowest BCUT2D eigenvalue weighted by Gasteiger charge is -1.98. The van der Waals surface area contributed by atoms with Gasteiger partial charge >= 0.3 is 0 Å². The zero-order chi connectivity index (χ0) is 14.1. The number of anilines is 1. The molecule has 0 atom stereocenters. The molecule has 1 aromatic carbocycles. The maximum Gasteiger partial charge on any atom is 0.261 e. The third-order valence-electron chi connectivity index (χ3n) is 2.68. The number of pyridine rings is 1. The van der Waals surface area contributed by atoms with Gasteiger partial charge < -0.3 is 10.3 Å². The second-order valence-electron chi connectivity index (χ2n) is 3.96. The number of nitrogens with zero attached hydrogens (tertiary/aromatic N) is 3. The Labute approximate surface area is 112 Å². The van der Waals surface area contributed by atoms with Crippen molar-refractivity contribution in [2.24, 2.45) is 0 Å². The number of nitrogen functional groups attached to an aromatic ring is 1. The predicted molar refractivity (Wildman–Crippen MR) is 67.3 cm³/mol. The standard InChI is InChI=1S/C13H8F2N4O/c14-8-4-1-5-9(15)10(8)12-18-13(20-19-12)7-3-2-6-17-11(7)16/h1-6H,(H2,16,17). The number of nitrogens with two attached hydrogens (primary N) is 1. The molecule has 7 heteroatoms. The molecule has 0 spiro atoms. The molecule has 0 aliphatic rings. The van der Waals surface area contributed by atoms with Gasteiger partial charge in [-0.05, 0) is 24.3 Å². The van der Waals surface area contributed by atoms with E-state index < -0.39 is 11.6 Å². The summed E-state index contributed by atoms with van der Waals surface area (Å²) in [5.74, 6) is -1.48. The average molecular weight is 274 g/mol. The smallest absolute Gasteiger partial charge is 0.261 e. The number of benzene rings is 1. The van der Waals surface area contributed by atoms with Gasteiger partial charge in [-0.25, -0.2) is 13.8 Å². The second-order valence-corrected chi connectivity index (χ2v) is 3.96. The molecular formula is C13H8F2N4O. The van der Waals surface area contributed by atoms with E-state index in [0.717, 1.165) is 12.1 Å². The first kappa shape index (κ1) is 12.2. The predicted octanol–water partition coefficient (Wildman–Crippen LogP) is 2.66. The van der Waals surface area contributed by atoms with Gasteiger partial charge in [-0.2, -0.15) is 4.98 Å². The van der Waals surface area contributed by atoms with Gasteiger partial charge in [0.1, 0.15) is 17.5 Å². The molecule has 0 aliphatic carbocycles. The molecule has 5 nitrogen and oxygen atoms in total. The summed E-state index contributed by atoms with van der Waals surface area (Å²) in [6.07, 6.45) is 1.51. The number of hydrogen-bond acceptors (Lipinski definition) is 5. The highest BCUT2D eigenvalue weighted by molar-refractivity contribution is 5.68. The first-order valence-electron chi connectivity index (χ1n) is 5.66. The SMILES string of the molecule is Nc1ncccc1-c1nc(-c2c(F)cccc2F)no1. The molecule has 0 amide bonds. The number of halogens is 2. The highest BCUT2D eigenvalue weighted by atomic mass is 19.1. The molecule has 3 aromatic rings. The van der Waals surface area contributed by atoms with Crippen molar-refractivity contribution < 1.29 is 13.3 Å². The maximum absolute atomic E-state index is 13.6. The summed E-state index contributed by atoms with van der Waals surface area (Å²) in [5, 5.41) is 3.58. The zero-order valence-corrected chi connectivity index (χ0v) is 10.0. The van der Waals surface area contributed by atoms with Gasteiger partial charge in [0, 0.05) is 6.20 Å². The fraction of sp³-hybridized carbons (Fsp3) is 0. The van der Waals surface area contributed by atoms with Gasteiger partial charge in [0.15, 0.2) is 0 Å². The molecule has 0 saturated heterocycles. The Bertz CT molecular complexity index is 752. The fourth-order valence-electron chi connectivity index (χ4n) is 1.74. The number of rotatable bonds is 2. The molecule has 2 N–H and O–H groups in total. The summed E-state index contributed by atoms with van der Waals surface area (Å²) in [4.78, 5) is 7.83. The van der Waals surface area contributed by atoms with E-state index in [4.69, 9.17) is 10.3 Å². The van der Waals surface area contributed by atoms with Crippen LogP contribution in [0.25, 0.3) is 22.8 Å². The molecule has 0 unspecified atom stereocenters. The molecule has 20 heavy (non-hydrogen) atoms. The highest BCUT2D eigenvalue weighted by Crippen LogP contribution is 2.27. The quantitative estimate of drug-likeness (QED) is 0.777. The summed E-state index contributed by atoms with van der Waals surface area (Å²) in [6.45, 7) is 0. The first-order valence-corrected chi connectivity index (χ1v) is 5.66. The third-order valence-corrected chi connectivity index (χ3v) is 2.68. The molecule has 0 fully saturated rings. The van der Waals surface area contributed by atoms with E-state index in [1.807, 2.05) is 0 Å². The third kappa shape index (κ3) is 1.99. The minimum absolute atomic E-state index is 0.0493. The summed E-state index contributed by atoms with van der Waals surface area (Å²) in [6, 6.07) is 6.75. The van der Waals surface area contributed by atoms with Gasteiger partial charge in [-0.15, -0.1) is 0 Å². The molecule has 3 rings (SSSR count). The molecule has 2 heterocycles. The van der Waals surface area contributed by atoms with Crippen molar-refractivity contribution in [3.05, 3.63) is 48.2 Å². The molecular weight excluding hydrogens is 266 g/mol. The molecule has 100 valence electrons. The number of hydrogen-bond donors (Lipinski definition) is 1. The van der Waals surface area contributed by atoms with Crippen LogP contribution in [0.2, 0.25) is 0 Å². The van der Waals surface area contributed by atoms with Gasteiger partial charge in [0.2, 0.25) is 5.82 Å². The van der Waals surface area contributed by atoms with Crippen LogP contribution in [0.3, 0.4) is 0 Å². The maximum atomic E-state index is 13.6. The Kier molecular flexibility index (Phi) is 2.86. The zero-order valence-electron chi connectivity index (χ0n) is 10.0. The lowest BCUT2D eigenvalue weighted by atomic mass is 10.2. The van der Waals surface area contributed by atoms with Gasteiger partial charge in [-0.3, -0.25) is 0 Å². The van der Waals surface area contributed by atoms with Crippen LogP contribution >= 0.6 is 0 Å². The van der Waals surface area contributed by atoms with E-state index >= 15 is 0 Å². The normalized spacial score (nSPS) is 10.7. The Morgan fingerprint density at radius 2 is 1.80 bits per heavy atom. The van der Waals surface area contributed by atoms with Crippen molar-refractivity contribution in [2.45, 2.75) is 0 Å². The Hall–Kier alpha value is -2.83. The topological polar surface area (TPSA) is 77.8 Å². The Morgan fingerprint density at radius 1 is 1.05 bits per heavy atom. The monoisotopic (exact) mass is 274 g/mol. The van der Waals surface area contributed by atoms with E-state index in [-0.39, 0.29) is 23.1 Å². The van der Waals surface area contributed by atoms with Crippen molar-refractivity contribution in [1.82, 2.24) is 15.1 Å². The summed E-state index contributed by atoms with van der Waals surface area (Å²) < 4.78 is 32.2. The van der Waals surface area contributed by atoms with Crippen LogP contribution in [0.1, 0.15) is 0 Å². The van der Waals surface area contributed by atoms with Crippen LogP contribution in [-0.4, -0.2) is 15.1 Å². The van der Waals surface area contributed by atoms with Crippen molar-refractivity contribution in [3.8, 4) is 22.8 Å². The molecule has 0 saturated carbocycles. The highest BCUT2D eigenvalue weighted by Gasteiger charge is 2.19. The molecule has 0 aliphatic heterocycles. The fourth-order valence-corrected chi connectivity index (χ4v) is 1.74. The van der Waals surface area contributed by atoms with Crippen molar-refractivity contribution in [2.75, 3.05) is 5.73 Å². The second kappa shape index (κ2) is 4.69. The lowest BCUT2D eigenvalue weighted by Crippen LogP contribution is -1.94. The van der Waals surface area contributed by atoms with Gasteiger partial charge in [-0.1, -0.05) is 11.2 Å². The number of aromatic nitrogens is 3. The minimum atomic E-state index is -0.767. The summed E-state index contributed by atoms with van der Waals surface area (Å²) >= 11 is 0. The van der Waals surface area contributed by atoms with E-state index in [1.54, 1.807) is 12.1 Å². The Balaban J connectivity index is 2.10. The minimum Gasteiger partial charge on any atom is -0.383 e. The van der Waals surface area contributed by atoms with E-state index in [0.29, 0.717) is 5.56 Å². The van der Waals surface area contributed by atoms with Crippen LogP contribution in [-0.2, 0) is 0 Å². The van der Waals surface area contributed by atoms with Crippen LogP contribution in [0, 0.1) is 11.6 Å². The summed E-state index contributed by atoms with van der Waals surface area (Å²) in [5.41, 5.74) is 5.74. The van der Waals surface area contributed by atoms with Gasteiger partial charge in [0.25, 0.3) is 5.89 Å². The first-order chi connectivity index (χ1) is 9.66. The lowest BCUT2D eigenvalue weighted by molar-refractivity contribution is 0.431.